The van der Waals surface area contributed by atoms with Crippen molar-refractivity contribution in [3.8, 4) is 0 Å². The fraction of sp³-hybridized carbons (Fsp3) is 0.143. The fourth-order valence-corrected chi connectivity index (χ4v) is 3.53. The summed E-state index contributed by atoms with van der Waals surface area (Å²) in [5.74, 6) is -1.85. The van der Waals surface area contributed by atoms with Gasteiger partial charge in [0.05, 0.1) is 28.3 Å². The Morgan fingerprint density at radius 3 is 2.35 bits per heavy atom. The van der Waals surface area contributed by atoms with Crippen molar-refractivity contribution < 1.29 is 18.8 Å². The molecule has 0 aliphatic rings. The molecule has 31 heavy (non-hydrogen) atoms. The molecule has 0 aliphatic heterocycles. The molecular formula is C21H18ClFN4O3S. The van der Waals surface area contributed by atoms with Gasteiger partial charge in [-0.1, -0.05) is 35.9 Å². The normalized spacial score (nSPS) is 10.4. The molecular weight excluding hydrogens is 443 g/mol. The first-order valence-electron chi connectivity index (χ1n) is 9.23. The molecule has 0 unspecified atom stereocenters. The van der Waals surface area contributed by atoms with Gasteiger partial charge in [0.25, 0.3) is 11.8 Å². The van der Waals surface area contributed by atoms with E-state index in [9.17, 15) is 18.8 Å². The largest absolute Gasteiger partial charge is 0.354 e. The molecule has 10 heteroatoms. The van der Waals surface area contributed by atoms with Crippen molar-refractivity contribution in [1.82, 2.24) is 15.6 Å². The average Bonchev–Trinajstić information content (AvgIpc) is 3.18. The molecule has 0 fully saturated rings. The van der Waals surface area contributed by atoms with Crippen LogP contribution in [0.25, 0.3) is 0 Å². The Balaban J connectivity index is 1.42. The lowest BCUT2D eigenvalue weighted by molar-refractivity contribution is -0.120. The van der Waals surface area contributed by atoms with E-state index < -0.39 is 11.7 Å². The molecule has 0 atom stereocenters. The third-order valence-electron chi connectivity index (χ3n) is 4.08. The van der Waals surface area contributed by atoms with E-state index in [1.807, 2.05) is 0 Å². The van der Waals surface area contributed by atoms with Crippen LogP contribution in [0.2, 0.25) is 5.02 Å². The van der Waals surface area contributed by atoms with Crippen molar-refractivity contribution in [1.29, 1.82) is 0 Å². The van der Waals surface area contributed by atoms with Gasteiger partial charge in [-0.15, -0.1) is 11.3 Å². The average molecular weight is 461 g/mol. The van der Waals surface area contributed by atoms with Crippen molar-refractivity contribution in [2.45, 2.75) is 6.42 Å². The number of nitrogens with zero attached hydrogens (tertiary/aromatic N) is 1. The van der Waals surface area contributed by atoms with Gasteiger partial charge in [0.1, 0.15) is 5.82 Å². The number of benzene rings is 2. The van der Waals surface area contributed by atoms with Gasteiger partial charge in [0.15, 0.2) is 5.13 Å². The van der Waals surface area contributed by atoms with E-state index >= 15 is 0 Å². The third kappa shape index (κ3) is 6.34. The van der Waals surface area contributed by atoms with Crippen LogP contribution in [-0.4, -0.2) is 35.8 Å². The van der Waals surface area contributed by atoms with Crippen molar-refractivity contribution in [3.63, 3.8) is 0 Å². The molecule has 3 rings (SSSR count). The molecule has 7 nitrogen and oxygen atoms in total. The molecule has 2 aromatic carbocycles. The molecule has 160 valence electrons. The van der Waals surface area contributed by atoms with Gasteiger partial charge in [0.2, 0.25) is 5.91 Å². The highest BCUT2D eigenvalue weighted by molar-refractivity contribution is 7.14. The molecule has 0 saturated carbocycles. The standard InChI is InChI=1S/C21H18ClFN4O3S/c22-16-7-3-1-5-14(16)19(29)25-10-9-24-18(28)11-13-12-31-21(26-13)27-20(30)15-6-2-4-8-17(15)23/h1-8,12H,9-11H2,(H,24,28)(H,25,29)(H,26,27,30). The van der Waals surface area contributed by atoms with Crippen molar-refractivity contribution >= 4 is 45.8 Å². The minimum atomic E-state index is -0.627. The lowest BCUT2D eigenvalue weighted by atomic mass is 10.2. The molecule has 1 heterocycles. The van der Waals surface area contributed by atoms with E-state index in [0.717, 1.165) is 11.3 Å². The minimum absolute atomic E-state index is 0.00449. The Morgan fingerprint density at radius 1 is 0.935 bits per heavy atom. The number of nitrogens with one attached hydrogen (secondary N) is 3. The number of halogens is 2. The van der Waals surface area contributed by atoms with Crippen molar-refractivity contribution in [2.24, 2.45) is 0 Å². The van der Waals surface area contributed by atoms with Crippen LogP contribution in [0, 0.1) is 5.82 Å². The zero-order valence-corrected chi connectivity index (χ0v) is 17.7. The predicted octanol–water partition coefficient (Wildman–Crippen LogP) is 3.28. The number of rotatable bonds is 8. The van der Waals surface area contributed by atoms with Crippen molar-refractivity contribution in [3.05, 3.63) is 81.6 Å². The third-order valence-corrected chi connectivity index (χ3v) is 5.22. The summed E-state index contributed by atoms with van der Waals surface area (Å²) in [4.78, 5) is 40.4. The molecule has 0 saturated heterocycles. The second kappa shape index (κ2) is 10.6. The second-order valence-electron chi connectivity index (χ2n) is 6.34. The molecule has 1 aromatic heterocycles. The maximum Gasteiger partial charge on any atom is 0.260 e. The number of amides is 3. The molecule has 0 radical (unpaired) electrons. The van der Waals surface area contributed by atoms with Crippen LogP contribution in [0.15, 0.2) is 53.9 Å². The topological polar surface area (TPSA) is 100 Å². The van der Waals surface area contributed by atoms with Gasteiger partial charge >= 0.3 is 0 Å². The maximum absolute atomic E-state index is 13.7. The monoisotopic (exact) mass is 460 g/mol. The summed E-state index contributed by atoms with van der Waals surface area (Å²) in [6.07, 6.45) is 0.00449. The van der Waals surface area contributed by atoms with Gasteiger partial charge in [-0.25, -0.2) is 9.37 Å². The zero-order chi connectivity index (χ0) is 22.2. The van der Waals surface area contributed by atoms with Gasteiger partial charge in [-0.3, -0.25) is 19.7 Å². The summed E-state index contributed by atoms with van der Waals surface area (Å²) in [5.41, 5.74) is 0.741. The highest BCUT2D eigenvalue weighted by atomic mass is 35.5. The second-order valence-corrected chi connectivity index (χ2v) is 7.61. The van der Waals surface area contributed by atoms with E-state index in [2.05, 4.69) is 20.9 Å². The van der Waals surface area contributed by atoms with E-state index in [1.165, 1.54) is 18.2 Å². The van der Waals surface area contributed by atoms with Gasteiger partial charge in [0, 0.05) is 18.5 Å². The zero-order valence-electron chi connectivity index (χ0n) is 16.2. The highest BCUT2D eigenvalue weighted by Gasteiger charge is 2.14. The maximum atomic E-state index is 13.7. The number of carbonyl (C=O) groups excluding carboxylic acids is 3. The number of hydrogen-bond donors (Lipinski definition) is 3. The van der Waals surface area contributed by atoms with Crippen LogP contribution >= 0.6 is 22.9 Å². The van der Waals surface area contributed by atoms with E-state index in [-0.39, 0.29) is 42.0 Å². The number of hydrogen-bond acceptors (Lipinski definition) is 5. The molecule has 3 aromatic rings. The van der Waals surface area contributed by atoms with E-state index in [1.54, 1.807) is 35.7 Å². The Labute approximate surface area is 186 Å². The summed E-state index contributed by atoms with van der Waals surface area (Å²) in [7, 11) is 0. The summed E-state index contributed by atoms with van der Waals surface area (Å²) in [6.45, 7) is 0.465. The predicted molar refractivity (Wildman–Crippen MR) is 117 cm³/mol. The van der Waals surface area contributed by atoms with E-state index in [4.69, 9.17) is 11.6 Å². The Bertz CT molecular complexity index is 1110. The molecule has 0 aliphatic carbocycles. The summed E-state index contributed by atoms with van der Waals surface area (Å²) in [6, 6.07) is 12.3. The number of carbonyl (C=O) groups is 3. The lowest BCUT2D eigenvalue weighted by Crippen LogP contribution is -2.35. The van der Waals surface area contributed by atoms with Crippen LogP contribution in [-0.2, 0) is 11.2 Å². The van der Waals surface area contributed by atoms with Crippen LogP contribution in [0.4, 0.5) is 9.52 Å². The first-order valence-corrected chi connectivity index (χ1v) is 10.5. The van der Waals surface area contributed by atoms with Gasteiger partial charge in [-0.2, -0.15) is 0 Å². The van der Waals surface area contributed by atoms with Gasteiger partial charge in [-0.05, 0) is 24.3 Å². The van der Waals surface area contributed by atoms with Crippen LogP contribution in [0.1, 0.15) is 26.4 Å². The number of anilines is 1. The molecule has 3 N–H and O–H groups in total. The smallest absolute Gasteiger partial charge is 0.260 e. The number of aromatic nitrogens is 1. The Hall–Kier alpha value is -3.30. The lowest BCUT2D eigenvalue weighted by Gasteiger charge is -2.07. The summed E-state index contributed by atoms with van der Waals surface area (Å²) in [5, 5.41) is 10.1. The quantitative estimate of drug-likeness (QED) is 0.449. The molecule has 0 bridgehead atoms. The summed E-state index contributed by atoms with van der Waals surface area (Å²) < 4.78 is 13.7. The van der Waals surface area contributed by atoms with Crippen LogP contribution in [0.5, 0.6) is 0 Å². The first-order chi connectivity index (χ1) is 14.9. The molecule has 0 spiro atoms. The van der Waals surface area contributed by atoms with Gasteiger partial charge < -0.3 is 10.6 Å². The van der Waals surface area contributed by atoms with E-state index in [0.29, 0.717) is 16.3 Å². The summed E-state index contributed by atoms with van der Waals surface area (Å²) >= 11 is 7.10. The number of thiazole rings is 1. The molecule has 3 amide bonds. The van der Waals surface area contributed by atoms with Crippen LogP contribution in [0.3, 0.4) is 0 Å². The highest BCUT2D eigenvalue weighted by Crippen LogP contribution is 2.18. The Kier molecular flexibility index (Phi) is 7.69. The fourth-order valence-electron chi connectivity index (χ4n) is 2.60. The van der Waals surface area contributed by atoms with Crippen molar-refractivity contribution in [2.75, 3.05) is 18.4 Å². The first kappa shape index (κ1) is 22.4. The minimum Gasteiger partial charge on any atom is -0.354 e. The Morgan fingerprint density at radius 2 is 1.61 bits per heavy atom. The van der Waals surface area contributed by atoms with Crippen LogP contribution < -0.4 is 16.0 Å². The SMILES string of the molecule is O=C(Cc1csc(NC(=O)c2ccccc2F)n1)NCCNC(=O)c1ccccc1Cl.